The Morgan fingerprint density at radius 3 is 2.31 bits per heavy atom. The number of ether oxygens (including phenoxy) is 2. The molecular formula is C28H30N2O2. The Balaban J connectivity index is 1.75. The summed E-state index contributed by atoms with van der Waals surface area (Å²) in [5.74, 6) is 1.63. The highest BCUT2D eigenvalue weighted by Gasteiger charge is 2.17. The second kappa shape index (κ2) is 8.62. The Morgan fingerprint density at radius 1 is 0.906 bits per heavy atom. The van der Waals surface area contributed by atoms with Gasteiger partial charge in [0.05, 0.1) is 29.4 Å². The fourth-order valence-corrected chi connectivity index (χ4v) is 3.86. The molecule has 0 amide bonds. The molecule has 4 rings (SSSR count). The summed E-state index contributed by atoms with van der Waals surface area (Å²) in [5.41, 5.74) is 7.52. The highest BCUT2D eigenvalue weighted by molar-refractivity contribution is 5.89. The largest absolute Gasteiger partial charge is 0.497 e. The van der Waals surface area contributed by atoms with E-state index in [4.69, 9.17) is 14.5 Å². The Hall–Kier alpha value is -3.40. The lowest BCUT2D eigenvalue weighted by molar-refractivity contribution is 0.309. The first-order valence-electron chi connectivity index (χ1n) is 10.9. The number of aryl methyl sites for hydroxylation is 2. The Kier molecular flexibility index (Phi) is 5.88. The van der Waals surface area contributed by atoms with Crippen molar-refractivity contribution >= 4 is 10.9 Å². The molecular weight excluding hydrogens is 396 g/mol. The minimum absolute atomic E-state index is 0.107. The van der Waals surface area contributed by atoms with E-state index in [1.807, 2.05) is 43.3 Å². The van der Waals surface area contributed by atoms with Crippen molar-refractivity contribution in [1.82, 2.24) is 9.97 Å². The van der Waals surface area contributed by atoms with Crippen molar-refractivity contribution in [3.05, 3.63) is 83.2 Å². The average Bonchev–Trinajstić information content (AvgIpc) is 2.77. The van der Waals surface area contributed by atoms with Gasteiger partial charge >= 0.3 is 0 Å². The molecule has 0 unspecified atom stereocenters. The fraction of sp³-hybridized carbons (Fsp3) is 0.286. The molecule has 0 aliphatic rings. The fourth-order valence-electron chi connectivity index (χ4n) is 3.86. The summed E-state index contributed by atoms with van der Waals surface area (Å²) in [6, 6.07) is 18.5. The van der Waals surface area contributed by atoms with Crippen LogP contribution in [0.3, 0.4) is 0 Å². The maximum atomic E-state index is 6.32. The topological polar surface area (TPSA) is 44.2 Å². The van der Waals surface area contributed by atoms with Gasteiger partial charge in [-0.25, -0.2) is 4.98 Å². The van der Waals surface area contributed by atoms with Crippen LogP contribution in [0, 0.1) is 13.8 Å². The van der Waals surface area contributed by atoms with E-state index in [0.29, 0.717) is 6.61 Å². The minimum atomic E-state index is 0.107. The third kappa shape index (κ3) is 4.45. The van der Waals surface area contributed by atoms with Gasteiger partial charge in [0.15, 0.2) is 0 Å². The smallest absolute Gasteiger partial charge is 0.133 e. The Bertz CT molecular complexity index is 1260. The van der Waals surface area contributed by atoms with Gasteiger partial charge in [0, 0.05) is 17.8 Å². The van der Waals surface area contributed by atoms with Gasteiger partial charge in [-0.1, -0.05) is 51.1 Å². The van der Waals surface area contributed by atoms with Gasteiger partial charge < -0.3 is 9.47 Å². The second-order valence-corrected chi connectivity index (χ2v) is 9.21. The van der Waals surface area contributed by atoms with Gasteiger partial charge in [-0.3, -0.25) is 4.98 Å². The molecule has 4 nitrogen and oxygen atoms in total. The van der Waals surface area contributed by atoms with Crippen LogP contribution in [0.2, 0.25) is 0 Å². The molecule has 4 heteroatoms. The molecule has 2 heterocycles. The summed E-state index contributed by atoms with van der Waals surface area (Å²) in [6.45, 7) is 11.3. The molecule has 0 atom stereocenters. The lowest BCUT2D eigenvalue weighted by Crippen LogP contribution is -2.11. The first kappa shape index (κ1) is 21.8. The van der Waals surface area contributed by atoms with E-state index in [0.717, 1.165) is 44.9 Å². The van der Waals surface area contributed by atoms with E-state index < -0.39 is 0 Å². The van der Waals surface area contributed by atoms with Gasteiger partial charge in [-0.2, -0.15) is 0 Å². The molecule has 0 fully saturated rings. The monoisotopic (exact) mass is 426 g/mol. The maximum Gasteiger partial charge on any atom is 0.133 e. The number of methoxy groups -OCH3 is 1. The van der Waals surface area contributed by atoms with Gasteiger partial charge in [-0.05, 0) is 54.2 Å². The predicted molar refractivity (Wildman–Crippen MR) is 130 cm³/mol. The molecule has 0 bridgehead atoms. The minimum Gasteiger partial charge on any atom is -0.497 e. The molecule has 4 aromatic rings. The summed E-state index contributed by atoms with van der Waals surface area (Å²) in [7, 11) is 1.67. The van der Waals surface area contributed by atoms with Crippen molar-refractivity contribution in [3.63, 3.8) is 0 Å². The normalized spacial score (nSPS) is 11.6. The molecule has 0 aliphatic carbocycles. The van der Waals surface area contributed by atoms with E-state index in [2.05, 4.69) is 50.9 Å². The van der Waals surface area contributed by atoms with E-state index in [-0.39, 0.29) is 5.41 Å². The number of pyridine rings is 2. The van der Waals surface area contributed by atoms with Gasteiger partial charge in [-0.15, -0.1) is 0 Å². The summed E-state index contributed by atoms with van der Waals surface area (Å²) < 4.78 is 11.6. The zero-order chi connectivity index (χ0) is 22.9. The van der Waals surface area contributed by atoms with Crippen molar-refractivity contribution in [2.75, 3.05) is 7.11 Å². The summed E-state index contributed by atoms with van der Waals surface area (Å²) in [4.78, 5) is 9.43. The van der Waals surface area contributed by atoms with Gasteiger partial charge in [0.25, 0.3) is 0 Å². The number of benzene rings is 2. The summed E-state index contributed by atoms with van der Waals surface area (Å²) in [6.07, 6.45) is 1.80. The van der Waals surface area contributed by atoms with E-state index >= 15 is 0 Å². The van der Waals surface area contributed by atoms with Crippen molar-refractivity contribution in [2.45, 2.75) is 46.6 Å². The molecule has 2 aromatic carbocycles. The zero-order valence-corrected chi connectivity index (χ0v) is 19.7. The van der Waals surface area contributed by atoms with E-state index in [1.54, 1.807) is 13.3 Å². The van der Waals surface area contributed by atoms with Crippen LogP contribution in [0.5, 0.6) is 11.5 Å². The van der Waals surface area contributed by atoms with Crippen molar-refractivity contribution in [3.8, 4) is 22.8 Å². The van der Waals surface area contributed by atoms with Crippen molar-refractivity contribution in [2.24, 2.45) is 0 Å². The van der Waals surface area contributed by atoms with Gasteiger partial charge in [0.1, 0.15) is 18.1 Å². The Morgan fingerprint density at radius 2 is 1.66 bits per heavy atom. The van der Waals surface area contributed by atoms with Crippen LogP contribution in [0.1, 0.15) is 43.2 Å². The third-order valence-electron chi connectivity index (χ3n) is 5.80. The van der Waals surface area contributed by atoms with Crippen LogP contribution in [-0.2, 0) is 12.0 Å². The number of rotatable bonds is 5. The maximum absolute atomic E-state index is 6.32. The Labute approximate surface area is 190 Å². The molecule has 32 heavy (non-hydrogen) atoms. The predicted octanol–water partition coefficient (Wildman–Crippen LogP) is 6.80. The first-order chi connectivity index (χ1) is 15.3. The zero-order valence-electron chi connectivity index (χ0n) is 19.7. The molecule has 0 saturated carbocycles. The number of nitrogens with zero attached hydrogens (tertiary/aromatic N) is 2. The second-order valence-electron chi connectivity index (χ2n) is 9.21. The van der Waals surface area contributed by atoms with Crippen LogP contribution in [-0.4, -0.2) is 17.1 Å². The molecule has 0 aliphatic heterocycles. The lowest BCUT2D eigenvalue weighted by Gasteiger charge is -2.21. The lowest BCUT2D eigenvalue weighted by atomic mass is 9.85. The van der Waals surface area contributed by atoms with Crippen molar-refractivity contribution < 1.29 is 9.47 Å². The number of fused-ring (bicyclic) bond motifs is 1. The van der Waals surface area contributed by atoms with Crippen LogP contribution in [0.25, 0.3) is 22.2 Å². The molecule has 0 N–H and O–H groups in total. The quantitative estimate of drug-likeness (QED) is 0.352. The average molecular weight is 427 g/mol. The third-order valence-corrected chi connectivity index (χ3v) is 5.80. The van der Waals surface area contributed by atoms with E-state index in [1.165, 1.54) is 11.1 Å². The molecule has 2 aromatic heterocycles. The SMILES string of the molecule is COc1ccc(COc2cc(-c3ccc(C(C)(C)C)cc3C)nc3ccnc(C)c23)cc1. The molecule has 0 radical (unpaired) electrons. The summed E-state index contributed by atoms with van der Waals surface area (Å²) in [5, 5.41) is 0.953. The highest BCUT2D eigenvalue weighted by Crippen LogP contribution is 2.34. The number of aromatic nitrogens is 2. The standard InChI is InChI=1S/C28H30N2O2/c1-18-15-21(28(3,4)5)9-12-23(18)25-16-26(27-19(2)29-14-13-24(27)30-25)32-17-20-7-10-22(31-6)11-8-20/h7-16H,17H2,1-6H3. The summed E-state index contributed by atoms with van der Waals surface area (Å²) >= 11 is 0. The van der Waals surface area contributed by atoms with Crippen LogP contribution < -0.4 is 9.47 Å². The molecule has 164 valence electrons. The number of hydrogen-bond donors (Lipinski definition) is 0. The van der Waals surface area contributed by atoms with E-state index in [9.17, 15) is 0 Å². The van der Waals surface area contributed by atoms with Crippen LogP contribution in [0.4, 0.5) is 0 Å². The molecule has 0 saturated heterocycles. The van der Waals surface area contributed by atoms with Crippen molar-refractivity contribution in [1.29, 1.82) is 0 Å². The first-order valence-corrected chi connectivity index (χ1v) is 10.9. The molecule has 0 spiro atoms. The van der Waals surface area contributed by atoms with Crippen LogP contribution in [0.15, 0.2) is 60.8 Å². The van der Waals surface area contributed by atoms with Crippen LogP contribution >= 0.6 is 0 Å². The highest BCUT2D eigenvalue weighted by atomic mass is 16.5. The number of hydrogen-bond acceptors (Lipinski definition) is 4. The van der Waals surface area contributed by atoms with Gasteiger partial charge in [0.2, 0.25) is 0 Å².